The lowest BCUT2D eigenvalue weighted by atomic mass is 10.1. The van der Waals surface area contributed by atoms with Crippen LogP contribution in [0.2, 0.25) is 0 Å². The van der Waals surface area contributed by atoms with Crippen molar-refractivity contribution < 1.29 is 31.5 Å². The number of nitrogens with one attached hydrogen (secondary N) is 1. The predicted octanol–water partition coefficient (Wildman–Crippen LogP) is 2.38. The van der Waals surface area contributed by atoms with E-state index in [4.69, 9.17) is 4.74 Å². The number of carbonyl (C=O) groups excluding carboxylic acids is 1. The summed E-state index contributed by atoms with van der Waals surface area (Å²) in [5, 5.41) is 0. The molecule has 1 amide bonds. The Morgan fingerprint density at radius 3 is 2.58 bits per heavy atom. The average Bonchev–Trinajstić information content (AvgIpc) is 2.97. The van der Waals surface area contributed by atoms with Gasteiger partial charge in [0.15, 0.2) is 11.5 Å². The van der Waals surface area contributed by atoms with Crippen LogP contribution in [0.25, 0.3) is 0 Å². The molecule has 1 atom stereocenters. The molecular formula is C20H21F2N3O5S. The summed E-state index contributed by atoms with van der Waals surface area (Å²) in [6.07, 6.45) is 0. The van der Waals surface area contributed by atoms with Crippen molar-refractivity contribution in [3.63, 3.8) is 0 Å². The zero-order valence-electron chi connectivity index (χ0n) is 17.0. The highest BCUT2D eigenvalue weighted by Gasteiger charge is 2.31. The minimum atomic E-state index is -3.71. The van der Waals surface area contributed by atoms with E-state index >= 15 is 0 Å². The number of methoxy groups -OCH3 is 1. The molecule has 166 valence electrons. The van der Waals surface area contributed by atoms with Crippen LogP contribution in [-0.4, -0.2) is 51.9 Å². The van der Waals surface area contributed by atoms with Gasteiger partial charge < -0.3 is 14.4 Å². The first kappa shape index (κ1) is 22.5. The molecule has 0 bridgehead atoms. The van der Waals surface area contributed by atoms with Crippen molar-refractivity contribution >= 4 is 21.8 Å². The molecule has 11 heteroatoms. The van der Waals surface area contributed by atoms with Gasteiger partial charge in [0.25, 0.3) is 10.0 Å². The number of hydrogen-bond donors (Lipinski definition) is 1. The molecule has 0 saturated heterocycles. The molecule has 1 aliphatic rings. The van der Waals surface area contributed by atoms with Crippen molar-refractivity contribution in [1.82, 2.24) is 9.62 Å². The second kappa shape index (κ2) is 8.88. The van der Waals surface area contributed by atoms with E-state index in [1.807, 2.05) is 0 Å². The van der Waals surface area contributed by atoms with Crippen LogP contribution in [0.3, 0.4) is 0 Å². The molecule has 1 N–H and O–H groups in total. The topological polar surface area (TPSA) is 97.3 Å². The number of amidine groups is 1. The summed E-state index contributed by atoms with van der Waals surface area (Å²) < 4.78 is 61.4. The van der Waals surface area contributed by atoms with Gasteiger partial charge in [-0.15, -0.1) is 0 Å². The quantitative estimate of drug-likeness (QED) is 0.694. The van der Waals surface area contributed by atoms with Crippen molar-refractivity contribution in [2.24, 2.45) is 4.99 Å². The summed E-state index contributed by atoms with van der Waals surface area (Å²) in [6, 6.07) is 9.92. The van der Waals surface area contributed by atoms with Gasteiger partial charge in [0.1, 0.15) is 11.9 Å². The van der Waals surface area contributed by atoms with Gasteiger partial charge in [0.05, 0.1) is 12.0 Å². The zero-order chi connectivity index (χ0) is 22.8. The number of benzene rings is 2. The number of amides is 1. The molecule has 0 unspecified atom stereocenters. The Bertz CT molecular complexity index is 1120. The molecule has 2 aromatic rings. The van der Waals surface area contributed by atoms with Gasteiger partial charge >= 0.3 is 6.61 Å². The van der Waals surface area contributed by atoms with Gasteiger partial charge in [-0.05, 0) is 36.8 Å². The largest absolute Gasteiger partial charge is 0.493 e. The third-order valence-corrected chi connectivity index (χ3v) is 5.98. The molecule has 31 heavy (non-hydrogen) atoms. The number of fused-ring (bicyclic) bond motifs is 1. The van der Waals surface area contributed by atoms with Crippen molar-refractivity contribution in [3.05, 3.63) is 53.6 Å². The molecule has 0 fully saturated rings. The first-order valence-electron chi connectivity index (χ1n) is 9.19. The minimum absolute atomic E-state index is 0.0972. The SMILES string of the molecule is COc1ccc(CN(C)C(=O)[C@H](C)N=C2NS(=O)(=O)c3ccccc32)cc1OC(F)F. The van der Waals surface area contributed by atoms with Crippen LogP contribution >= 0.6 is 0 Å². The summed E-state index contributed by atoms with van der Waals surface area (Å²) in [5.41, 5.74) is 0.938. The number of nitrogens with zero attached hydrogens (tertiary/aromatic N) is 2. The summed E-state index contributed by atoms with van der Waals surface area (Å²) in [7, 11) is -0.845. The maximum Gasteiger partial charge on any atom is 0.387 e. The maximum absolute atomic E-state index is 12.8. The highest BCUT2D eigenvalue weighted by atomic mass is 32.2. The fourth-order valence-corrected chi connectivity index (χ4v) is 4.40. The van der Waals surface area contributed by atoms with Crippen LogP contribution < -0.4 is 14.2 Å². The van der Waals surface area contributed by atoms with Crippen molar-refractivity contribution in [2.45, 2.75) is 31.0 Å². The monoisotopic (exact) mass is 453 g/mol. The van der Waals surface area contributed by atoms with E-state index in [2.05, 4.69) is 14.5 Å². The molecule has 0 aliphatic carbocycles. The number of likely N-dealkylation sites (N-methyl/N-ethyl adjacent to an activating group) is 1. The van der Waals surface area contributed by atoms with Crippen LogP contribution in [0.4, 0.5) is 8.78 Å². The van der Waals surface area contributed by atoms with Crippen molar-refractivity contribution in [2.75, 3.05) is 14.2 Å². The van der Waals surface area contributed by atoms with Gasteiger partial charge in [-0.2, -0.15) is 8.78 Å². The Morgan fingerprint density at radius 2 is 1.90 bits per heavy atom. The van der Waals surface area contributed by atoms with Gasteiger partial charge in [-0.1, -0.05) is 18.2 Å². The van der Waals surface area contributed by atoms with Crippen molar-refractivity contribution in [1.29, 1.82) is 0 Å². The highest BCUT2D eigenvalue weighted by molar-refractivity contribution is 7.90. The summed E-state index contributed by atoms with van der Waals surface area (Å²) >= 11 is 0. The average molecular weight is 453 g/mol. The Morgan fingerprint density at radius 1 is 1.19 bits per heavy atom. The van der Waals surface area contributed by atoms with Gasteiger partial charge in [0, 0.05) is 19.2 Å². The van der Waals surface area contributed by atoms with E-state index in [0.29, 0.717) is 11.1 Å². The summed E-state index contributed by atoms with van der Waals surface area (Å²) in [6.45, 7) is -1.38. The van der Waals surface area contributed by atoms with E-state index < -0.39 is 22.7 Å². The highest BCUT2D eigenvalue weighted by Crippen LogP contribution is 2.30. The van der Waals surface area contributed by atoms with Crippen LogP contribution in [0.5, 0.6) is 11.5 Å². The molecule has 0 saturated carbocycles. The number of rotatable bonds is 7. The van der Waals surface area contributed by atoms with Gasteiger partial charge in [0.2, 0.25) is 5.91 Å². The van der Waals surface area contributed by atoms with E-state index in [9.17, 15) is 22.0 Å². The third-order valence-electron chi connectivity index (χ3n) is 4.58. The number of hydrogen-bond acceptors (Lipinski definition) is 6. The normalized spacial score (nSPS) is 16.5. The molecule has 3 rings (SSSR count). The summed E-state index contributed by atoms with van der Waals surface area (Å²) in [5.74, 6) is -0.281. The second-order valence-corrected chi connectivity index (χ2v) is 8.46. The first-order valence-corrected chi connectivity index (χ1v) is 10.7. The molecule has 8 nitrogen and oxygen atoms in total. The molecule has 2 aromatic carbocycles. The van der Waals surface area contributed by atoms with E-state index in [1.165, 1.54) is 37.3 Å². The van der Waals surface area contributed by atoms with Gasteiger partial charge in [-0.3, -0.25) is 14.5 Å². The lowest BCUT2D eigenvalue weighted by Crippen LogP contribution is -2.35. The Hall–Kier alpha value is -3.21. The lowest BCUT2D eigenvalue weighted by molar-refractivity contribution is -0.131. The molecule has 0 aromatic heterocycles. The first-order chi connectivity index (χ1) is 14.6. The number of alkyl halides is 2. The standard InChI is InChI=1S/C20H21F2N3O5S/c1-12(23-18-14-6-4-5-7-17(14)31(27,28)24-18)19(26)25(2)11-13-8-9-15(29-3)16(10-13)30-20(21)22/h4-10,12,20H,11H2,1-3H3,(H,23,24)/t12-/m0/s1. The van der Waals surface area contributed by atoms with Gasteiger partial charge in [-0.25, -0.2) is 8.42 Å². The van der Waals surface area contributed by atoms with E-state index in [-0.39, 0.29) is 34.7 Å². The molecule has 1 heterocycles. The predicted molar refractivity (Wildman–Crippen MR) is 109 cm³/mol. The zero-order valence-corrected chi connectivity index (χ0v) is 17.8. The number of carbonyl (C=O) groups is 1. The van der Waals surface area contributed by atoms with Crippen LogP contribution in [-0.2, 0) is 21.4 Å². The molecule has 0 radical (unpaired) electrons. The number of halogens is 2. The van der Waals surface area contributed by atoms with Crippen LogP contribution in [0, 0.1) is 0 Å². The van der Waals surface area contributed by atoms with Crippen molar-refractivity contribution in [3.8, 4) is 11.5 Å². The fraction of sp³-hybridized carbons (Fsp3) is 0.300. The van der Waals surface area contributed by atoms with Crippen LogP contribution in [0.1, 0.15) is 18.1 Å². The smallest absolute Gasteiger partial charge is 0.387 e. The van der Waals surface area contributed by atoms with E-state index in [0.717, 1.165) is 0 Å². The fourth-order valence-electron chi connectivity index (χ4n) is 3.16. The Kier molecular flexibility index (Phi) is 6.44. The third kappa shape index (κ3) is 4.93. The second-order valence-electron chi connectivity index (χ2n) is 6.81. The lowest BCUT2D eigenvalue weighted by Gasteiger charge is -2.20. The molecule has 1 aliphatic heterocycles. The Balaban J connectivity index is 1.76. The number of ether oxygens (including phenoxy) is 2. The van der Waals surface area contributed by atoms with Crippen LogP contribution in [0.15, 0.2) is 52.4 Å². The summed E-state index contributed by atoms with van der Waals surface area (Å²) in [4.78, 5) is 18.5. The number of aliphatic imine (C=N–C) groups is 1. The molecule has 0 spiro atoms. The Labute approximate surface area is 178 Å². The molecular weight excluding hydrogens is 432 g/mol. The maximum atomic E-state index is 12.8. The minimum Gasteiger partial charge on any atom is -0.493 e. The van der Waals surface area contributed by atoms with E-state index in [1.54, 1.807) is 31.2 Å². The number of sulfonamides is 1.